The molecule has 0 aliphatic rings. The summed E-state index contributed by atoms with van der Waals surface area (Å²) in [5.74, 6) is 0.387. The third-order valence-electron chi connectivity index (χ3n) is 1.11. The van der Waals surface area contributed by atoms with Crippen LogP contribution in [0.5, 0.6) is 0 Å². The van der Waals surface area contributed by atoms with Crippen LogP contribution < -0.4 is 0 Å². The van der Waals surface area contributed by atoms with Crippen molar-refractivity contribution in [1.29, 1.82) is 5.41 Å². The molecule has 0 aromatic heterocycles. The molecule has 0 bridgehead atoms. The van der Waals surface area contributed by atoms with Gasteiger partial charge in [-0.2, -0.15) is 0 Å². The Hall–Kier alpha value is -0.190. The number of halogens is 1. The molecule has 2 nitrogen and oxygen atoms in total. The smallest absolute Gasteiger partial charge is 0.0651 e. The van der Waals surface area contributed by atoms with E-state index in [-0.39, 0.29) is 0 Å². The average Bonchev–Trinajstić information content (AvgIpc) is 1.89. The van der Waals surface area contributed by atoms with Crippen LogP contribution in [-0.2, 0) is 0 Å². The Morgan fingerprint density at radius 1 is 1.60 bits per heavy atom. The van der Waals surface area contributed by atoms with E-state index in [4.69, 9.17) is 5.41 Å². The molecule has 0 saturated carbocycles. The fourth-order valence-corrected chi connectivity index (χ4v) is 0.628. The molecule has 3 heteroatoms. The number of rotatable bonds is 3. The molecule has 0 fully saturated rings. The second-order valence-electron chi connectivity index (χ2n) is 2.17. The molecule has 0 atom stereocenters. The van der Waals surface area contributed by atoms with Gasteiger partial charge in [0.15, 0.2) is 0 Å². The second-order valence-corrected chi connectivity index (χ2v) is 2.73. The Morgan fingerprint density at radius 3 is 2.50 bits per heavy atom. The van der Waals surface area contributed by atoms with Crippen LogP contribution in [0.3, 0.4) is 0 Å². The Kier molecular flexibility index (Phi) is 5.48. The molecule has 0 heterocycles. The summed E-state index contributed by atoms with van der Waals surface area (Å²) < 4.78 is 1.68. The van der Waals surface area contributed by atoms with Gasteiger partial charge in [0.25, 0.3) is 0 Å². The first-order chi connectivity index (χ1) is 4.72. The zero-order chi connectivity index (χ0) is 7.98. The number of hydrogen-bond donors (Lipinski definition) is 1. The summed E-state index contributed by atoms with van der Waals surface area (Å²) in [5, 5.41) is 7.00. The van der Waals surface area contributed by atoms with E-state index >= 15 is 0 Å². The third-order valence-corrected chi connectivity index (χ3v) is 1.43. The minimum atomic E-state index is 0.387. The lowest BCUT2D eigenvalue weighted by molar-refractivity contribution is 0.803. The molecule has 0 aromatic carbocycles. The fourth-order valence-electron chi connectivity index (χ4n) is 0.467. The predicted molar refractivity (Wildman–Crippen MR) is 54.2 cm³/mol. The summed E-state index contributed by atoms with van der Waals surface area (Å²) >= 11 is 2.05. The standard InChI is InChI=1S/C7H11IN2/c1-6(2)7(3-9)4-10-5-8/h3-6,9H,1-2H3/b7-4+,9-3?,10-5-. The van der Waals surface area contributed by atoms with Crippen LogP contribution in [0, 0.1) is 11.3 Å². The summed E-state index contributed by atoms with van der Waals surface area (Å²) in [5.41, 5.74) is 0.952. The van der Waals surface area contributed by atoms with Gasteiger partial charge in [-0.25, -0.2) is 0 Å². The van der Waals surface area contributed by atoms with Crippen molar-refractivity contribution in [1.82, 2.24) is 0 Å². The van der Waals surface area contributed by atoms with Crippen LogP contribution in [0.1, 0.15) is 13.8 Å². The quantitative estimate of drug-likeness (QED) is 0.590. The summed E-state index contributed by atoms with van der Waals surface area (Å²) in [6.07, 6.45) is 3.05. The predicted octanol–water partition coefficient (Wildman–Crippen LogP) is 2.64. The largest absolute Gasteiger partial charge is 0.308 e. The van der Waals surface area contributed by atoms with Gasteiger partial charge >= 0.3 is 0 Å². The minimum Gasteiger partial charge on any atom is -0.308 e. The van der Waals surface area contributed by atoms with Gasteiger partial charge < -0.3 is 5.41 Å². The van der Waals surface area contributed by atoms with Crippen LogP contribution in [0.15, 0.2) is 16.8 Å². The van der Waals surface area contributed by atoms with E-state index in [0.717, 1.165) is 5.57 Å². The molecule has 0 rings (SSSR count). The first kappa shape index (κ1) is 9.81. The molecular weight excluding hydrogens is 239 g/mol. The van der Waals surface area contributed by atoms with Crippen LogP contribution in [-0.4, -0.2) is 10.4 Å². The van der Waals surface area contributed by atoms with Crippen molar-refractivity contribution in [3.8, 4) is 0 Å². The first-order valence-electron chi connectivity index (χ1n) is 3.04. The molecule has 0 aromatic rings. The number of aliphatic imine (C=N–C) groups is 1. The van der Waals surface area contributed by atoms with Crippen LogP contribution >= 0.6 is 22.6 Å². The maximum atomic E-state index is 7.00. The van der Waals surface area contributed by atoms with E-state index in [1.54, 1.807) is 10.4 Å². The molecule has 0 amide bonds. The van der Waals surface area contributed by atoms with Crippen molar-refractivity contribution in [2.75, 3.05) is 0 Å². The van der Waals surface area contributed by atoms with E-state index in [0.29, 0.717) is 5.92 Å². The van der Waals surface area contributed by atoms with Gasteiger partial charge in [0.1, 0.15) is 0 Å². The van der Waals surface area contributed by atoms with E-state index in [2.05, 4.69) is 4.99 Å². The van der Waals surface area contributed by atoms with Gasteiger partial charge in [-0.05, 0) is 34.1 Å². The lowest BCUT2D eigenvalue weighted by Gasteiger charge is -2.00. The molecular formula is C7H11IN2. The van der Waals surface area contributed by atoms with Crippen LogP contribution in [0.4, 0.5) is 0 Å². The zero-order valence-corrected chi connectivity index (χ0v) is 8.29. The van der Waals surface area contributed by atoms with Gasteiger partial charge in [0, 0.05) is 12.4 Å². The Bertz CT molecular complexity index is 159. The van der Waals surface area contributed by atoms with Gasteiger partial charge in [-0.1, -0.05) is 13.8 Å². The van der Waals surface area contributed by atoms with Crippen molar-refractivity contribution in [3.63, 3.8) is 0 Å². The van der Waals surface area contributed by atoms with Crippen molar-refractivity contribution < 1.29 is 0 Å². The molecule has 0 aliphatic carbocycles. The van der Waals surface area contributed by atoms with Crippen molar-refractivity contribution in [2.24, 2.45) is 10.9 Å². The number of allylic oxidation sites excluding steroid dienone is 1. The Labute approximate surface area is 75.1 Å². The molecule has 0 saturated heterocycles. The second kappa shape index (κ2) is 5.58. The molecule has 56 valence electrons. The highest BCUT2D eigenvalue weighted by Gasteiger charge is 1.96. The van der Waals surface area contributed by atoms with E-state index < -0.39 is 0 Å². The topological polar surface area (TPSA) is 36.2 Å². The lowest BCUT2D eigenvalue weighted by Crippen LogP contribution is -1.93. The molecule has 0 radical (unpaired) electrons. The molecule has 0 spiro atoms. The van der Waals surface area contributed by atoms with Gasteiger partial charge in [-0.15, -0.1) is 0 Å². The SMILES string of the molecule is CC(C)/C(C=N)=C/N=C\I. The van der Waals surface area contributed by atoms with E-state index in [1.165, 1.54) is 6.21 Å². The summed E-state index contributed by atoms with van der Waals surface area (Å²) in [6.45, 7) is 4.08. The highest BCUT2D eigenvalue weighted by molar-refractivity contribution is 14.1. The molecule has 1 N–H and O–H groups in total. The average molecular weight is 250 g/mol. The van der Waals surface area contributed by atoms with Crippen LogP contribution in [0.2, 0.25) is 0 Å². The summed E-state index contributed by atoms with van der Waals surface area (Å²) in [4.78, 5) is 3.91. The van der Waals surface area contributed by atoms with Gasteiger partial charge in [-0.3, -0.25) is 4.99 Å². The van der Waals surface area contributed by atoms with Crippen LogP contribution in [0.25, 0.3) is 0 Å². The molecule has 0 unspecified atom stereocenters. The summed E-state index contributed by atoms with van der Waals surface area (Å²) in [6, 6.07) is 0. The zero-order valence-electron chi connectivity index (χ0n) is 6.13. The highest BCUT2D eigenvalue weighted by atomic mass is 127. The molecule has 10 heavy (non-hydrogen) atoms. The third kappa shape index (κ3) is 3.76. The van der Waals surface area contributed by atoms with E-state index in [9.17, 15) is 0 Å². The Balaban J connectivity index is 4.18. The fraction of sp³-hybridized carbons (Fsp3) is 0.429. The van der Waals surface area contributed by atoms with Gasteiger partial charge in [0.05, 0.1) is 4.22 Å². The van der Waals surface area contributed by atoms with Gasteiger partial charge in [0.2, 0.25) is 0 Å². The maximum absolute atomic E-state index is 7.00. The highest BCUT2D eigenvalue weighted by Crippen LogP contribution is 2.05. The monoisotopic (exact) mass is 250 g/mol. The lowest BCUT2D eigenvalue weighted by atomic mass is 10.1. The maximum Gasteiger partial charge on any atom is 0.0651 e. The summed E-state index contributed by atoms with van der Waals surface area (Å²) in [7, 11) is 0. The van der Waals surface area contributed by atoms with Crippen molar-refractivity contribution >= 4 is 33.0 Å². The number of hydrogen-bond acceptors (Lipinski definition) is 2. The number of nitrogens with one attached hydrogen (secondary N) is 1. The minimum absolute atomic E-state index is 0.387. The van der Waals surface area contributed by atoms with Crippen molar-refractivity contribution in [3.05, 3.63) is 11.8 Å². The normalized spacial score (nSPS) is 13.0. The first-order valence-corrected chi connectivity index (χ1v) is 4.29. The Morgan fingerprint density at radius 2 is 2.20 bits per heavy atom. The number of nitrogens with zero attached hydrogens (tertiary/aromatic N) is 1. The molecule has 0 aliphatic heterocycles. The van der Waals surface area contributed by atoms with Crippen molar-refractivity contribution in [2.45, 2.75) is 13.8 Å². The van der Waals surface area contributed by atoms with E-state index in [1.807, 2.05) is 36.4 Å².